The summed E-state index contributed by atoms with van der Waals surface area (Å²) in [4.78, 5) is 42.7. The first-order chi connectivity index (χ1) is 21.0. The number of nitrogens with zero attached hydrogens (tertiary/aromatic N) is 2. The second kappa shape index (κ2) is 14.1. The topological polar surface area (TPSA) is 165 Å². The zero-order valence-electron chi connectivity index (χ0n) is 24.0. The summed E-state index contributed by atoms with van der Waals surface area (Å²) in [7, 11) is 0. The van der Waals surface area contributed by atoms with Crippen LogP contribution in [-0.2, 0) is 14.3 Å². The van der Waals surface area contributed by atoms with Gasteiger partial charge in [0.05, 0.1) is 33.8 Å². The Balaban J connectivity index is 1.67. The van der Waals surface area contributed by atoms with Gasteiger partial charge in [0, 0.05) is 23.4 Å². The van der Waals surface area contributed by atoms with Gasteiger partial charge in [0.2, 0.25) is 12.8 Å². The fraction of sp³-hybridized carbons (Fsp3) is 0.267. The molecule has 7 N–H and O–H groups in total. The predicted octanol–water partition coefficient (Wildman–Crippen LogP) is 5.50. The molecule has 2 bridgehead atoms. The molecule has 11 nitrogen and oxygen atoms in total. The minimum Gasteiger partial charge on any atom is -0.417 e. The number of nitrogens with one attached hydrogen (secondary N) is 3. The van der Waals surface area contributed by atoms with E-state index in [4.69, 9.17) is 23.2 Å². The summed E-state index contributed by atoms with van der Waals surface area (Å²) in [6.07, 6.45) is 2.07. The van der Waals surface area contributed by atoms with E-state index in [1.165, 1.54) is 25.1 Å². The van der Waals surface area contributed by atoms with Gasteiger partial charge in [0.15, 0.2) is 5.82 Å². The zero-order chi connectivity index (χ0) is 32.0. The molecule has 2 unspecified atom stereocenters. The minimum absolute atomic E-state index is 0.0604. The first-order valence-electron chi connectivity index (χ1n) is 13.7. The highest BCUT2D eigenvalue weighted by Crippen LogP contribution is 2.34. The number of hydrogen-bond acceptors (Lipinski definition) is 8. The molecule has 14 heteroatoms. The Morgan fingerprint density at radius 1 is 1.20 bits per heavy atom. The molecule has 0 saturated carbocycles. The maximum Gasteiger partial charge on any atom is 0.413 e. The largest absolute Gasteiger partial charge is 0.417 e. The van der Waals surface area contributed by atoms with Crippen molar-refractivity contribution >= 4 is 46.6 Å². The molecule has 2 heterocycles. The minimum atomic E-state index is -1.28. The van der Waals surface area contributed by atoms with Crippen molar-refractivity contribution in [3.05, 3.63) is 82.7 Å². The number of nitrogens with two attached hydrogens (primary N) is 2. The maximum absolute atomic E-state index is 14.6. The Kier molecular flexibility index (Phi) is 10.3. The Bertz CT molecular complexity index is 1600. The summed E-state index contributed by atoms with van der Waals surface area (Å²) in [6, 6.07) is 12.0. The van der Waals surface area contributed by atoms with Crippen LogP contribution >= 0.6 is 11.6 Å². The van der Waals surface area contributed by atoms with E-state index in [0.717, 1.165) is 5.01 Å². The highest BCUT2D eigenvalue weighted by molar-refractivity contribution is 6.31. The number of anilines is 3. The van der Waals surface area contributed by atoms with Crippen LogP contribution in [0.15, 0.2) is 66.1 Å². The lowest BCUT2D eigenvalue weighted by atomic mass is 9.95. The van der Waals surface area contributed by atoms with Crippen LogP contribution in [0.25, 0.3) is 11.1 Å². The molecule has 1 aliphatic rings. The van der Waals surface area contributed by atoms with Crippen molar-refractivity contribution in [3.8, 4) is 11.1 Å². The average molecular weight is 628 g/mol. The van der Waals surface area contributed by atoms with Crippen LogP contribution in [0.2, 0.25) is 5.02 Å². The molecule has 2 atom stereocenters. The summed E-state index contributed by atoms with van der Waals surface area (Å²) >= 11 is 5.88. The molecule has 4 rings (SSSR count). The van der Waals surface area contributed by atoms with Crippen LogP contribution in [0.4, 0.5) is 30.6 Å². The second-order valence-corrected chi connectivity index (χ2v) is 10.6. The number of carbonyl (C=O) groups is 3. The predicted molar refractivity (Wildman–Crippen MR) is 163 cm³/mol. The highest BCUT2D eigenvalue weighted by Gasteiger charge is 2.24. The number of hydrazine groups is 1. The standard InChI is InChI=1S/C30H32ClF2N7O4/c1-16-5-3-7-22(38-29(42)27(34)17(2)40(35)25-8-4-6-21(31)26(25)33)24-13-18(11-12-36-24)20-10-9-19(37-30(43)44-15-32)14-23(20)39-28(16)41/h4,6,8-14,16,22H,3,5,7,15,34-35H2,1-2H3,(H,37,43)(H,38,42)(H,39,41)/b27-17-. The molecule has 0 fully saturated rings. The molecule has 1 aliphatic heterocycles. The number of ether oxygens (including phenoxy) is 1. The van der Waals surface area contributed by atoms with E-state index in [9.17, 15) is 23.2 Å². The van der Waals surface area contributed by atoms with Gasteiger partial charge in [-0.3, -0.25) is 24.9 Å². The number of rotatable bonds is 6. The molecule has 0 saturated heterocycles. The molecule has 2 aromatic carbocycles. The summed E-state index contributed by atoms with van der Waals surface area (Å²) < 4.78 is 31.3. The SMILES string of the molecule is C/C(=C(/N)C(=O)NC1CCCC(C)C(=O)Nc2cc(NC(=O)OCF)ccc2-c2ccnc1c2)N(N)c1cccc(Cl)c1F. The van der Waals surface area contributed by atoms with Gasteiger partial charge in [-0.05, 0) is 61.7 Å². The molecular weight excluding hydrogens is 596 g/mol. The van der Waals surface area contributed by atoms with Gasteiger partial charge in [-0.1, -0.05) is 37.1 Å². The van der Waals surface area contributed by atoms with Crippen LogP contribution in [0.5, 0.6) is 0 Å². The Hall–Kier alpha value is -4.75. The van der Waals surface area contributed by atoms with Gasteiger partial charge in [0.1, 0.15) is 5.70 Å². The fourth-order valence-corrected chi connectivity index (χ4v) is 4.86. The van der Waals surface area contributed by atoms with E-state index >= 15 is 0 Å². The number of hydrogen-bond donors (Lipinski definition) is 5. The zero-order valence-corrected chi connectivity index (χ0v) is 24.8. The Labute approximate surface area is 257 Å². The Morgan fingerprint density at radius 2 is 1.98 bits per heavy atom. The van der Waals surface area contributed by atoms with Gasteiger partial charge in [-0.2, -0.15) is 0 Å². The third-order valence-electron chi connectivity index (χ3n) is 7.23. The van der Waals surface area contributed by atoms with Gasteiger partial charge in [0.25, 0.3) is 5.91 Å². The van der Waals surface area contributed by atoms with Crippen molar-refractivity contribution in [2.45, 2.75) is 39.2 Å². The molecule has 0 radical (unpaired) electrons. The number of halogens is 3. The number of carbonyl (C=O) groups excluding carboxylic acids is 3. The highest BCUT2D eigenvalue weighted by atomic mass is 35.5. The lowest BCUT2D eigenvalue weighted by molar-refractivity contribution is -0.120. The van der Waals surface area contributed by atoms with Gasteiger partial charge >= 0.3 is 6.09 Å². The smallest absolute Gasteiger partial charge is 0.413 e. The van der Waals surface area contributed by atoms with Crippen LogP contribution in [0, 0.1) is 11.7 Å². The number of alkyl halides is 1. The van der Waals surface area contributed by atoms with E-state index in [2.05, 4.69) is 25.7 Å². The normalized spacial score (nSPS) is 17.1. The lowest BCUT2D eigenvalue weighted by Gasteiger charge is -2.24. The summed E-state index contributed by atoms with van der Waals surface area (Å²) in [6.45, 7) is 1.97. The van der Waals surface area contributed by atoms with Crippen LogP contribution in [0.3, 0.4) is 0 Å². The van der Waals surface area contributed by atoms with Crippen molar-refractivity contribution < 1.29 is 27.9 Å². The summed E-state index contributed by atoms with van der Waals surface area (Å²) in [5, 5.41) is 9.06. The van der Waals surface area contributed by atoms with Crippen molar-refractivity contribution in [1.29, 1.82) is 0 Å². The van der Waals surface area contributed by atoms with Crippen LogP contribution in [-0.4, -0.2) is 29.8 Å². The number of fused-ring (bicyclic) bond motifs is 4. The van der Waals surface area contributed by atoms with E-state index in [-0.39, 0.29) is 33.7 Å². The average Bonchev–Trinajstić information content (AvgIpc) is 3.00. The quantitative estimate of drug-likeness (QED) is 0.136. The van der Waals surface area contributed by atoms with Crippen molar-refractivity contribution in [2.75, 3.05) is 22.5 Å². The molecule has 3 amide bonds. The molecule has 0 aliphatic carbocycles. The summed E-state index contributed by atoms with van der Waals surface area (Å²) in [5.41, 5.74) is 8.48. The van der Waals surface area contributed by atoms with Gasteiger partial charge in [-0.15, -0.1) is 0 Å². The van der Waals surface area contributed by atoms with Crippen molar-refractivity contribution in [3.63, 3.8) is 0 Å². The van der Waals surface area contributed by atoms with E-state index in [1.807, 2.05) is 0 Å². The first-order valence-corrected chi connectivity index (χ1v) is 14.0. The molecule has 3 aromatic rings. The van der Waals surface area contributed by atoms with E-state index in [0.29, 0.717) is 41.8 Å². The van der Waals surface area contributed by atoms with E-state index < -0.39 is 36.6 Å². The summed E-state index contributed by atoms with van der Waals surface area (Å²) in [5.74, 6) is 4.04. The number of aromatic nitrogens is 1. The van der Waals surface area contributed by atoms with Crippen LogP contribution in [0.1, 0.15) is 44.8 Å². The molecular formula is C30H32ClF2N7O4. The molecule has 0 spiro atoms. The number of benzene rings is 2. The molecule has 232 valence electrons. The maximum atomic E-state index is 14.6. The number of allylic oxidation sites excluding steroid dienone is 1. The fourth-order valence-electron chi connectivity index (χ4n) is 4.69. The van der Waals surface area contributed by atoms with Gasteiger partial charge in [-0.25, -0.2) is 19.4 Å². The number of amides is 3. The lowest BCUT2D eigenvalue weighted by Crippen LogP contribution is -2.38. The third-order valence-corrected chi connectivity index (χ3v) is 7.52. The van der Waals surface area contributed by atoms with Crippen molar-refractivity contribution in [2.24, 2.45) is 17.5 Å². The monoisotopic (exact) mass is 627 g/mol. The molecule has 44 heavy (non-hydrogen) atoms. The van der Waals surface area contributed by atoms with Crippen LogP contribution < -0.4 is 32.5 Å². The Morgan fingerprint density at radius 3 is 2.73 bits per heavy atom. The number of pyridine rings is 1. The molecule has 1 aromatic heterocycles. The van der Waals surface area contributed by atoms with Crippen molar-refractivity contribution in [1.82, 2.24) is 10.3 Å². The van der Waals surface area contributed by atoms with E-state index in [1.54, 1.807) is 43.5 Å². The first kappa shape index (κ1) is 32.2. The third kappa shape index (κ3) is 7.41. The second-order valence-electron chi connectivity index (χ2n) is 10.2. The van der Waals surface area contributed by atoms with Gasteiger partial charge < -0.3 is 21.1 Å².